The number of hydrogen-bond donors (Lipinski definition) is 0. The van der Waals surface area contributed by atoms with E-state index in [0.717, 1.165) is 17.8 Å². The Labute approximate surface area is 92.1 Å². The van der Waals surface area contributed by atoms with Crippen molar-refractivity contribution in [1.29, 1.82) is 0 Å². The summed E-state index contributed by atoms with van der Waals surface area (Å²) in [4.78, 5) is 0. The Balaban J connectivity index is 1.66. The smallest absolute Gasteiger partial charge is 0.0197 e. The first-order valence-electron chi connectivity index (χ1n) is 7.08. The summed E-state index contributed by atoms with van der Waals surface area (Å²) in [5.74, 6) is 8.99. The lowest BCUT2D eigenvalue weighted by molar-refractivity contribution is -0.0174. The maximum Gasteiger partial charge on any atom is -0.0197 e. The highest BCUT2D eigenvalue weighted by Crippen LogP contribution is 2.69. The Hall–Kier alpha value is -0.260. The molecule has 7 aliphatic rings. The summed E-state index contributed by atoms with van der Waals surface area (Å²) in [5, 5.41) is 0. The Morgan fingerprint density at radius 2 is 1.40 bits per heavy atom. The Bertz CT molecular complexity index is 338. The van der Waals surface area contributed by atoms with Crippen molar-refractivity contribution in [2.75, 3.05) is 0 Å². The van der Waals surface area contributed by atoms with Gasteiger partial charge in [0.1, 0.15) is 0 Å². The maximum absolute atomic E-state index is 2.61. The van der Waals surface area contributed by atoms with Crippen molar-refractivity contribution in [3.05, 3.63) is 12.2 Å². The van der Waals surface area contributed by atoms with Gasteiger partial charge in [-0.3, -0.25) is 0 Å². The van der Waals surface area contributed by atoms with Gasteiger partial charge in [0.2, 0.25) is 0 Å². The molecule has 0 aromatic carbocycles. The predicted molar refractivity (Wildman–Crippen MR) is 60.1 cm³/mol. The number of hydrogen-bond acceptors (Lipinski definition) is 0. The lowest BCUT2D eigenvalue weighted by atomic mass is 9.54. The van der Waals surface area contributed by atoms with Gasteiger partial charge in [-0.2, -0.15) is 0 Å². The number of allylic oxidation sites excluding steroid dienone is 2. The van der Waals surface area contributed by atoms with E-state index in [1.54, 1.807) is 25.7 Å². The van der Waals surface area contributed by atoms with Gasteiger partial charge >= 0.3 is 0 Å². The van der Waals surface area contributed by atoms with Crippen LogP contribution in [0.2, 0.25) is 0 Å². The summed E-state index contributed by atoms with van der Waals surface area (Å²) in [6.45, 7) is 0. The second-order valence-electron chi connectivity index (χ2n) is 7.07. The van der Waals surface area contributed by atoms with Crippen LogP contribution < -0.4 is 0 Å². The topological polar surface area (TPSA) is 0 Å². The van der Waals surface area contributed by atoms with Crippen LogP contribution in [0.25, 0.3) is 0 Å². The van der Waals surface area contributed by atoms with Crippen molar-refractivity contribution < 1.29 is 0 Å². The summed E-state index contributed by atoms with van der Waals surface area (Å²) < 4.78 is 0. The third-order valence-corrected chi connectivity index (χ3v) is 6.83. The van der Waals surface area contributed by atoms with Gasteiger partial charge in [0, 0.05) is 0 Å². The minimum Gasteiger partial charge on any atom is -0.0851 e. The van der Waals surface area contributed by atoms with Crippen LogP contribution in [-0.2, 0) is 0 Å². The highest BCUT2D eigenvalue weighted by Gasteiger charge is 2.61. The van der Waals surface area contributed by atoms with Crippen LogP contribution in [0.15, 0.2) is 12.2 Å². The predicted octanol–water partition coefficient (Wildman–Crippen LogP) is 3.49. The molecule has 0 aromatic heterocycles. The summed E-state index contributed by atoms with van der Waals surface area (Å²) in [5.41, 5.74) is 0. The molecule has 0 heterocycles. The summed E-state index contributed by atoms with van der Waals surface area (Å²) in [6, 6.07) is 0. The third-order valence-electron chi connectivity index (χ3n) is 6.83. The minimum atomic E-state index is 0.991. The van der Waals surface area contributed by atoms with Crippen LogP contribution in [0.3, 0.4) is 0 Å². The first-order valence-corrected chi connectivity index (χ1v) is 7.08. The molecule has 6 saturated carbocycles. The van der Waals surface area contributed by atoms with Crippen LogP contribution in [0.4, 0.5) is 0 Å². The monoisotopic (exact) mass is 200 g/mol. The van der Waals surface area contributed by atoms with Crippen LogP contribution in [0.1, 0.15) is 32.1 Å². The zero-order valence-corrected chi connectivity index (χ0v) is 9.31. The van der Waals surface area contributed by atoms with Crippen LogP contribution >= 0.6 is 0 Å². The molecule has 0 aromatic rings. The fourth-order valence-electron chi connectivity index (χ4n) is 6.49. The summed E-state index contributed by atoms with van der Waals surface area (Å²) in [6.07, 6.45) is 13.2. The molecule has 6 fully saturated rings. The van der Waals surface area contributed by atoms with Crippen LogP contribution in [-0.4, -0.2) is 0 Å². The quantitative estimate of drug-likeness (QED) is 0.525. The van der Waals surface area contributed by atoms with E-state index in [0.29, 0.717) is 0 Å². The largest absolute Gasteiger partial charge is 0.0851 e. The van der Waals surface area contributed by atoms with E-state index in [1.807, 2.05) is 0 Å². The van der Waals surface area contributed by atoms with E-state index in [-0.39, 0.29) is 0 Å². The van der Waals surface area contributed by atoms with Crippen molar-refractivity contribution in [1.82, 2.24) is 0 Å². The molecule has 8 atom stereocenters. The van der Waals surface area contributed by atoms with Gasteiger partial charge in [-0.1, -0.05) is 12.2 Å². The van der Waals surface area contributed by atoms with Crippen molar-refractivity contribution in [3.8, 4) is 0 Å². The molecule has 0 heteroatoms. The second-order valence-corrected chi connectivity index (χ2v) is 7.07. The number of rotatable bonds is 0. The van der Waals surface area contributed by atoms with E-state index in [4.69, 9.17) is 0 Å². The Morgan fingerprint density at radius 1 is 0.600 bits per heavy atom. The van der Waals surface area contributed by atoms with Gasteiger partial charge in [-0.15, -0.1) is 0 Å². The van der Waals surface area contributed by atoms with Crippen molar-refractivity contribution >= 4 is 0 Å². The van der Waals surface area contributed by atoms with Crippen molar-refractivity contribution in [2.24, 2.45) is 47.3 Å². The first-order chi connectivity index (χ1) is 7.40. The van der Waals surface area contributed by atoms with Gasteiger partial charge in [-0.25, -0.2) is 0 Å². The molecule has 0 saturated heterocycles. The zero-order valence-electron chi connectivity index (χ0n) is 9.31. The van der Waals surface area contributed by atoms with E-state index < -0.39 is 0 Å². The Morgan fingerprint density at radius 3 is 2.27 bits per heavy atom. The SMILES string of the molecule is C1=CC2CC1CC1C3CC2C2CC3CC21. The van der Waals surface area contributed by atoms with Gasteiger partial charge in [0.05, 0.1) is 0 Å². The van der Waals surface area contributed by atoms with Crippen LogP contribution in [0.5, 0.6) is 0 Å². The molecule has 15 heavy (non-hydrogen) atoms. The van der Waals surface area contributed by atoms with Crippen molar-refractivity contribution in [2.45, 2.75) is 32.1 Å². The molecule has 7 aliphatic carbocycles. The standard InChI is InChI=1S/C15H20/c1-2-9-3-8(1)4-13-12-7-11(9)14-5-10(12)6-15(13)14/h1-2,8-15H,3-7H2. The molecule has 0 amide bonds. The molecule has 8 bridgehead atoms. The molecular formula is C15H20. The van der Waals surface area contributed by atoms with E-state index in [1.165, 1.54) is 36.0 Å². The highest BCUT2D eigenvalue weighted by atomic mass is 14.7. The van der Waals surface area contributed by atoms with Crippen molar-refractivity contribution in [3.63, 3.8) is 0 Å². The van der Waals surface area contributed by atoms with Gasteiger partial charge in [0.15, 0.2) is 0 Å². The fourth-order valence-corrected chi connectivity index (χ4v) is 6.49. The highest BCUT2D eigenvalue weighted by molar-refractivity contribution is 5.16. The molecule has 0 radical (unpaired) electrons. The van der Waals surface area contributed by atoms with Crippen LogP contribution in [0, 0.1) is 47.3 Å². The molecule has 0 spiro atoms. The van der Waals surface area contributed by atoms with Gasteiger partial charge in [0.25, 0.3) is 0 Å². The molecule has 80 valence electrons. The second kappa shape index (κ2) is 2.36. The minimum absolute atomic E-state index is 0.991. The average molecular weight is 200 g/mol. The maximum atomic E-state index is 2.61. The van der Waals surface area contributed by atoms with E-state index in [9.17, 15) is 0 Å². The summed E-state index contributed by atoms with van der Waals surface area (Å²) >= 11 is 0. The normalized spacial score (nSPS) is 67.7. The molecule has 0 N–H and O–H groups in total. The van der Waals surface area contributed by atoms with Gasteiger partial charge in [-0.05, 0) is 79.4 Å². The molecule has 8 unspecified atom stereocenters. The molecule has 0 nitrogen and oxygen atoms in total. The molecular weight excluding hydrogens is 180 g/mol. The molecule has 0 aliphatic heterocycles. The summed E-state index contributed by atoms with van der Waals surface area (Å²) in [7, 11) is 0. The lowest BCUT2D eigenvalue weighted by Crippen LogP contribution is -2.44. The first kappa shape index (κ1) is 7.92. The Kier molecular flexibility index (Phi) is 1.25. The van der Waals surface area contributed by atoms with Gasteiger partial charge < -0.3 is 0 Å². The lowest BCUT2D eigenvalue weighted by Gasteiger charge is -2.51. The average Bonchev–Trinajstić information content (AvgIpc) is 2.85. The third kappa shape index (κ3) is 0.797. The fraction of sp³-hybridized carbons (Fsp3) is 0.867. The van der Waals surface area contributed by atoms with E-state index in [2.05, 4.69) is 12.2 Å². The zero-order chi connectivity index (χ0) is 9.57. The van der Waals surface area contributed by atoms with E-state index >= 15 is 0 Å². The molecule has 7 rings (SSSR count).